The number of pyridine rings is 1. The summed E-state index contributed by atoms with van der Waals surface area (Å²) in [5, 5.41) is 17.5. The summed E-state index contributed by atoms with van der Waals surface area (Å²) in [6.45, 7) is 4.21. The number of hydrogen-bond acceptors (Lipinski definition) is 6. The zero-order valence-corrected chi connectivity index (χ0v) is 15.9. The van der Waals surface area contributed by atoms with Crippen LogP contribution in [0.4, 0.5) is 0 Å². The number of fused-ring (bicyclic) bond motifs is 2. The van der Waals surface area contributed by atoms with Crippen molar-refractivity contribution in [3.05, 3.63) is 53.7 Å². The molecule has 128 valence electrons. The van der Waals surface area contributed by atoms with Crippen LogP contribution in [0, 0.1) is 0 Å². The van der Waals surface area contributed by atoms with Gasteiger partial charge >= 0.3 is 0 Å². The Hall–Kier alpha value is -2.64. The summed E-state index contributed by atoms with van der Waals surface area (Å²) in [4.78, 5) is 6.82. The molecule has 0 spiro atoms. The second-order valence-corrected chi connectivity index (χ2v) is 8.27. The van der Waals surface area contributed by atoms with E-state index in [-0.39, 0.29) is 5.92 Å². The Morgan fingerprint density at radius 1 is 1.04 bits per heavy atom. The molecule has 4 heterocycles. The number of rotatable bonds is 3. The van der Waals surface area contributed by atoms with E-state index in [1.165, 1.54) is 0 Å². The zero-order valence-electron chi connectivity index (χ0n) is 14.2. The maximum atomic E-state index is 4.84. The van der Waals surface area contributed by atoms with Crippen LogP contribution in [-0.4, -0.2) is 24.8 Å². The van der Waals surface area contributed by atoms with Crippen molar-refractivity contribution >= 4 is 38.5 Å². The molecular formula is C19H15N5S2. The lowest BCUT2D eigenvalue weighted by molar-refractivity contribution is 0.727. The van der Waals surface area contributed by atoms with E-state index in [4.69, 9.17) is 10.1 Å². The number of thiophene rings is 1. The van der Waals surface area contributed by atoms with Crippen molar-refractivity contribution in [3.63, 3.8) is 0 Å². The molecule has 0 saturated carbocycles. The molecule has 5 nitrogen and oxygen atoms in total. The molecule has 5 aromatic rings. The lowest BCUT2D eigenvalue weighted by Crippen LogP contribution is -1.98. The lowest BCUT2D eigenvalue weighted by atomic mass is 10.1. The molecule has 0 bridgehead atoms. The Labute approximate surface area is 158 Å². The highest BCUT2D eigenvalue weighted by molar-refractivity contribution is 7.20. The SMILES string of the molecule is CC(C)c1nnc2sc(-c3cc(-c4cccs4)nc4ccccc34)nn12. The van der Waals surface area contributed by atoms with E-state index in [0.717, 1.165) is 42.8 Å². The van der Waals surface area contributed by atoms with Crippen molar-refractivity contribution in [2.24, 2.45) is 0 Å². The number of nitrogens with zero attached hydrogens (tertiary/aromatic N) is 5. The Morgan fingerprint density at radius 2 is 1.92 bits per heavy atom. The summed E-state index contributed by atoms with van der Waals surface area (Å²) in [6.07, 6.45) is 0. The molecule has 1 aromatic carbocycles. The van der Waals surface area contributed by atoms with Crippen LogP contribution >= 0.6 is 22.7 Å². The summed E-state index contributed by atoms with van der Waals surface area (Å²) in [5.74, 6) is 1.16. The summed E-state index contributed by atoms with van der Waals surface area (Å²) in [7, 11) is 0. The van der Waals surface area contributed by atoms with Gasteiger partial charge in [0.25, 0.3) is 0 Å². The molecule has 0 atom stereocenters. The number of aromatic nitrogens is 5. The molecule has 0 saturated heterocycles. The smallest absolute Gasteiger partial charge is 0.234 e. The molecule has 0 radical (unpaired) electrons. The maximum Gasteiger partial charge on any atom is 0.234 e. The molecule has 0 unspecified atom stereocenters. The molecule has 0 amide bonds. The summed E-state index contributed by atoms with van der Waals surface area (Å²) in [6, 6.07) is 14.5. The van der Waals surface area contributed by atoms with Gasteiger partial charge in [-0.25, -0.2) is 4.98 Å². The van der Waals surface area contributed by atoms with E-state index >= 15 is 0 Å². The monoisotopic (exact) mass is 377 g/mol. The van der Waals surface area contributed by atoms with E-state index in [1.807, 2.05) is 16.6 Å². The first-order valence-corrected chi connectivity index (χ1v) is 10.1. The molecule has 7 heteroatoms. The van der Waals surface area contributed by atoms with Crippen molar-refractivity contribution in [2.45, 2.75) is 19.8 Å². The van der Waals surface area contributed by atoms with Gasteiger partial charge in [0.2, 0.25) is 4.96 Å². The van der Waals surface area contributed by atoms with Crippen molar-refractivity contribution in [1.82, 2.24) is 24.8 Å². The van der Waals surface area contributed by atoms with E-state index in [1.54, 1.807) is 22.7 Å². The fourth-order valence-corrected chi connectivity index (χ4v) is 4.57. The second kappa shape index (κ2) is 5.96. The van der Waals surface area contributed by atoms with Gasteiger partial charge in [0.15, 0.2) is 5.82 Å². The minimum Gasteiger partial charge on any atom is -0.247 e. The van der Waals surface area contributed by atoms with E-state index < -0.39 is 0 Å². The molecule has 0 aliphatic carbocycles. The van der Waals surface area contributed by atoms with Crippen molar-refractivity contribution in [2.75, 3.05) is 0 Å². The molecule has 0 aliphatic rings. The minimum absolute atomic E-state index is 0.274. The van der Waals surface area contributed by atoms with Gasteiger partial charge < -0.3 is 0 Å². The summed E-state index contributed by atoms with van der Waals surface area (Å²) >= 11 is 3.26. The molecule has 0 N–H and O–H groups in total. The van der Waals surface area contributed by atoms with Gasteiger partial charge in [0, 0.05) is 16.9 Å². The predicted octanol–water partition coefficient (Wildman–Crippen LogP) is 5.25. The van der Waals surface area contributed by atoms with Gasteiger partial charge in [-0.2, -0.15) is 9.61 Å². The number of hydrogen-bond donors (Lipinski definition) is 0. The molecule has 0 aliphatic heterocycles. The van der Waals surface area contributed by atoms with Gasteiger partial charge in [-0.1, -0.05) is 49.4 Å². The van der Waals surface area contributed by atoms with E-state index in [0.29, 0.717) is 0 Å². The van der Waals surface area contributed by atoms with Crippen LogP contribution in [0.25, 0.3) is 37.0 Å². The van der Waals surface area contributed by atoms with Crippen LogP contribution in [0.15, 0.2) is 47.8 Å². The minimum atomic E-state index is 0.274. The fourth-order valence-electron chi connectivity index (χ4n) is 3.00. The Morgan fingerprint density at radius 3 is 2.73 bits per heavy atom. The highest BCUT2D eigenvalue weighted by Gasteiger charge is 2.18. The van der Waals surface area contributed by atoms with E-state index in [9.17, 15) is 0 Å². The topological polar surface area (TPSA) is 56.0 Å². The van der Waals surface area contributed by atoms with Crippen molar-refractivity contribution in [1.29, 1.82) is 0 Å². The molecule has 5 rings (SSSR count). The number of benzene rings is 1. The molecule has 4 aromatic heterocycles. The third-order valence-electron chi connectivity index (χ3n) is 4.25. The Kier molecular flexibility index (Phi) is 3.58. The molecule has 26 heavy (non-hydrogen) atoms. The van der Waals surface area contributed by atoms with Crippen LogP contribution < -0.4 is 0 Å². The maximum absolute atomic E-state index is 4.84. The van der Waals surface area contributed by atoms with E-state index in [2.05, 4.69) is 59.8 Å². The standard InChI is InChI=1S/C19H15N5S2/c1-11(2)17-21-22-19-24(17)23-18(26-19)13-10-15(16-8-5-9-25-16)20-14-7-4-3-6-12(13)14/h3-11H,1-2H3. The Balaban J connectivity index is 1.78. The van der Waals surface area contributed by atoms with Gasteiger partial charge in [0.1, 0.15) is 5.01 Å². The van der Waals surface area contributed by atoms with Crippen LogP contribution in [-0.2, 0) is 0 Å². The highest BCUT2D eigenvalue weighted by atomic mass is 32.1. The third-order valence-corrected chi connectivity index (χ3v) is 6.08. The predicted molar refractivity (Wildman–Crippen MR) is 107 cm³/mol. The lowest BCUT2D eigenvalue weighted by Gasteiger charge is -2.06. The highest BCUT2D eigenvalue weighted by Crippen LogP contribution is 2.35. The summed E-state index contributed by atoms with van der Waals surface area (Å²) in [5.41, 5.74) is 3.04. The van der Waals surface area contributed by atoms with Gasteiger partial charge in [-0.3, -0.25) is 0 Å². The average molecular weight is 377 g/mol. The zero-order chi connectivity index (χ0) is 17.7. The van der Waals surface area contributed by atoms with Gasteiger partial charge in [-0.15, -0.1) is 21.5 Å². The van der Waals surface area contributed by atoms with Crippen LogP contribution in [0.2, 0.25) is 0 Å². The Bertz CT molecular complexity index is 1220. The molecular weight excluding hydrogens is 362 g/mol. The van der Waals surface area contributed by atoms with Crippen LogP contribution in [0.5, 0.6) is 0 Å². The largest absolute Gasteiger partial charge is 0.247 e. The fraction of sp³-hybridized carbons (Fsp3) is 0.158. The van der Waals surface area contributed by atoms with Crippen molar-refractivity contribution < 1.29 is 0 Å². The first-order chi connectivity index (χ1) is 12.7. The van der Waals surface area contributed by atoms with Crippen LogP contribution in [0.1, 0.15) is 25.6 Å². The average Bonchev–Trinajstić information content (AvgIpc) is 3.37. The third kappa shape index (κ3) is 2.43. The van der Waals surface area contributed by atoms with Crippen LogP contribution in [0.3, 0.4) is 0 Å². The first-order valence-electron chi connectivity index (χ1n) is 8.37. The molecule has 0 fully saturated rings. The first kappa shape index (κ1) is 15.6. The van der Waals surface area contributed by atoms with Gasteiger partial charge in [0.05, 0.1) is 16.1 Å². The number of para-hydroxylation sites is 1. The normalized spacial score (nSPS) is 11.8. The van der Waals surface area contributed by atoms with Gasteiger partial charge in [-0.05, 0) is 23.6 Å². The van der Waals surface area contributed by atoms with Crippen molar-refractivity contribution in [3.8, 4) is 21.1 Å². The quantitative estimate of drug-likeness (QED) is 0.431. The second-order valence-electron chi connectivity index (χ2n) is 6.36. The summed E-state index contributed by atoms with van der Waals surface area (Å²) < 4.78 is 1.87.